The van der Waals surface area contributed by atoms with Crippen molar-refractivity contribution >= 4 is 17.7 Å². The van der Waals surface area contributed by atoms with Crippen molar-refractivity contribution < 1.29 is 59.0 Å². The zero-order valence-corrected chi connectivity index (χ0v) is 37.6. The van der Waals surface area contributed by atoms with Gasteiger partial charge in [-0.3, -0.25) is 19.0 Å². The van der Waals surface area contributed by atoms with Gasteiger partial charge in [0.1, 0.15) is 0 Å². The van der Waals surface area contributed by atoms with Gasteiger partial charge in [-0.05, 0) is 13.5 Å². The Morgan fingerprint density at radius 1 is 0.843 bits per heavy atom. The molecule has 2 unspecified atom stereocenters. The number of alkyl halides is 2. The summed E-state index contributed by atoms with van der Waals surface area (Å²) in [5, 5.41) is 0. The summed E-state index contributed by atoms with van der Waals surface area (Å²) in [6.07, 6.45) is 10.9. The number of carbonyl (C=O) groups excluding carboxylic acids is 3. The molecule has 1 heterocycles. The summed E-state index contributed by atoms with van der Waals surface area (Å²) in [6.45, 7) is 24.7. The van der Waals surface area contributed by atoms with Crippen molar-refractivity contribution in [1.29, 1.82) is 0 Å². The van der Waals surface area contributed by atoms with Crippen molar-refractivity contribution in [1.82, 2.24) is 4.90 Å². The molecule has 0 spiro atoms. The molecule has 1 aliphatic rings. The molecule has 0 aromatic carbocycles. The van der Waals surface area contributed by atoms with Crippen LogP contribution in [0.2, 0.25) is 0 Å². The van der Waals surface area contributed by atoms with Crippen LogP contribution < -0.4 is 26.9 Å². The molecule has 1 fully saturated rings. The van der Waals surface area contributed by atoms with E-state index in [4.69, 9.17) is 18.9 Å². The molecule has 2 atom stereocenters. The number of nitrogens with zero attached hydrogens (tertiary/aromatic N) is 2. The van der Waals surface area contributed by atoms with Crippen LogP contribution in [0.15, 0.2) is 0 Å². The third-order valence-electron chi connectivity index (χ3n) is 7.93. The Hall–Kier alpha value is -0.700. The monoisotopic (exact) mass is 846 g/mol. The molecule has 0 aromatic rings. The number of rotatable bonds is 27. The van der Waals surface area contributed by atoms with Crippen molar-refractivity contribution in [2.24, 2.45) is 23.0 Å². The quantitative estimate of drug-likeness (QED) is 0.0428. The predicted octanol–water partition coefficient (Wildman–Crippen LogP) is 4.31. The van der Waals surface area contributed by atoms with E-state index in [1.165, 1.54) is 42.1 Å². The fourth-order valence-electron chi connectivity index (χ4n) is 4.87. The van der Waals surface area contributed by atoms with Crippen molar-refractivity contribution in [3.05, 3.63) is 0 Å². The number of carbonyl (C=O) groups is 3. The van der Waals surface area contributed by atoms with Crippen molar-refractivity contribution in [3.63, 3.8) is 0 Å². The van der Waals surface area contributed by atoms with Crippen LogP contribution in [0.1, 0.15) is 133 Å². The number of ether oxygens (including phenoxy) is 4. The fourth-order valence-corrected chi connectivity index (χ4v) is 7.33. The van der Waals surface area contributed by atoms with E-state index < -0.39 is 0 Å². The standard InChI is InChI=1S/C31H59IN2O7.C6H14.C2H6.CH5N/c1-8-9-16-38-17-10-12-27(23-40-19-20-41-25-32-24-31(3,4)5)22-39-18-11-15-34(6,7)29(36)13-14-33-28(35)21-26(2)30(33)37;1-3-5-6-4-2;2*1-2/h26-27H,8-25H2,1-7H3;3-6H2,1-2H3;1-2H3;2H2,1H3. The van der Waals surface area contributed by atoms with Gasteiger partial charge in [-0.25, -0.2) is 4.79 Å². The molecular weight excluding hydrogens is 761 g/mol. The number of likely N-dealkylation sites (tertiary alicyclic amines) is 1. The number of hydrogen-bond donors (Lipinski definition) is 1. The number of halogens is 1. The van der Waals surface area contributed by atoms with E-state index >= 15 is 0 Å². The first-order valence-corrected chi connectivity index (χ1v) is 23.0. The third kappa shape index (κ3) is 32.5. The summed E-state index contributed by atoms with van der Waals surface area (Å²) >= 11 is 0.0858. The molecule has 0 bridgehead atoms. The predicted molar refractivity (Wildman–Crippen MR) is 208 cm³/mol. The molecule has 0 aromatic heterocycles. The fraction of sp³-hybridized carbons (Fsp3) is 0.925. The molecule has 0 aliphatic carbocycles. The average Bonchev–Trinajstić information content (AvgIpc) is 3.35. The minimum atomic E-state index is -0.280. The first-order chi connectivity index (χ1) is 24.3. The Morgan fingerprint density at radius 2 is 1.37 bits per heavy atom. The van der Waals surface area contributed by atoms with Crippen molar-refractivity contribution in [2.75, 3.05) is 89.5 Å². The maximum atomic E-state index is 12.8. The second kappa shape index (κ2) is 36.3. The number of quaternary nitrogens is 1. The number of unbranched alkanes of at least 4 members (excludes halogenated alkanes) is 4. The number of amides is 3. The van der Waals surface area contributed by atoms with E-state index in [2.05, 4.69) is 47.3 Å². The molecule has 2 N–H and O–H groups in total. The summed E-state index contributed by atoms with van der Waals surface area (Å²) in [6, 6.07) is 0. The molecule has 1 saturated heterocycles. The number of nitrogens with two attached hydrogens (primary N) is 1. The maximum absolute atomic E-state index is 12.8. The van der Waals surface area contributed by atoms with E-state index in [9.17, 15) is 14.4 Å². The van der Waals surface area contributed by atoms with Gasteiger partial charge < -0.3 is 5.73 Å². The van der Waals surface area contributed by atoms with Crippen LogP contribution in [0.5, 0.6) is 0 Å². The first-order valence-electron chi connectivity index (χ1n) is 19.9. The zero-order chi connectivity index (χ0) is 39.6. The molecule has 1 rings (SSSR count). The second-order valence-corrected chi connectivity index (χ2v) is 17.1. The molecule has 3 amide bonds. The zero-order valence-electron chi connectivity index (χ0n) is 35.4. The Balaban J connectivity index is -0.00000204. The van der Waals surface area contributed by atoms with E-state index in [-0.39, 0.29) is 68.7 Å². The summed E-state index contributed by atoms with van der Waals surface area (Å²) in [7, 11) is 5.25. The summed E-state index contributed by atoms with van der Waals surface area (Å²) in [5.74, 6) is -0.317. The molecule has 11 heteroatoms. The third-order valence-corrected chi connectivity index (χ3v) is 11.6. The Morgan fingerprint density at radius 3 is 1.90 bits per heavy atom. The molecule has 0 saturated carbocycles. The van der Waals surface area contributed by atoms with E-state index in [1.807, 2.05) is 27.9 Å². The van der Waals surface area contributed by atoms with Crippen LogP contribution in [0.4, 0.5) is 0 Å². The second-order valence-electron chi connectivity index (χ2n) is 14.6. The summed E-state index contributed by atoms with van der Waals surface area (Å²) in [5.41, 5.74) is 4.89. The number of imide groups is 1. The van der Waals surface area contributed by atoms with Crippen molar-refractivity contribution in [2.45, 2.75) is 133 Å². The molecule has 0 radical (unpaired) electrons. The number of hydrogen-bond acceptors (Lipinski definition) is 8. The van der Waals surface area contributed by atoms with Gasteiger partial charge in [-0.15, -0.1) is 0 Å². The maximum Gasteiger partial charge on any atom is -0.0195 e. The van der Waals surface area contributed by atoms with Crippen LogP contribution in [-0.4, -0.2) is 117 Å². The smallest absolute Gasteiger partial charge is 0.0195 e. The summed E-state index contributed by atoms with van der Waals surface area (Å²) in [4.78, 5) is 38.2. The molecule has 51 heavy (non-hydrogen) atoms. The minimum Gasteiger partial charge on any atom is -0.333 e. The van der Waals surface area contributed by atoms with Gasteiger partial charge in [0, 0.05) is 18.9 Å². The molecular formula is C40H84IN3O7. The van der Waals surface area contributed by atoms with E-state index in [1.54, 1.807) is 6.92 Å². The van der Waals surface area contributed by atoms with Crippen LogP contribution in [0.25, 0.3) is 0 Å². The van der Waals surface area contributed by atoms with Gasteiger partial charge in [0.05, 0.1) is 20.5 Å². The Labute approximate surface area is 325 Å². The Kier molecular flexibility index (Phi) is 38.9. The normalized spacial score (nSPS) is 15.1. The molecule has 308 valence electrons. The van der Waals surface area contributed by atoms with Crippen LogP contribution in [-0.2, 0) is 33.3 Å². The summed E-state index contributed by atoms with van der Waals surface area (Å²) < 4.78 is 25.8. The Bertz CT molecular complexity index is 820. The van der Waals surface area contributed by atoms with Gasteiger partial charge in [0.15, 0.2) is 0 Å². The van der Waals surface area contributed by atoms with Crippen LogP contribution in [0, 0.1) is 17.3 Å². The SMILES string of the molecule is CC.CCCCCC.CCCCOCCCC(COCCC[N+](C)(C)C(=O)CCN1C(=O)CC(C)C1=O)COCCOC[I-]CC(C)(C)C.CN. The minimum absolute atomic E-state index is 0.0160. The average molecular weight is 846 g/mol. The van der Waals surface area contributed by atoms with Gasteiger partial charge >= 0.3 is 159 Å². The largest absolute Gasteiger partial charge is 0.333 e. The van der Waals surface area contributed by atoms with Gasteiger partial charge in [0.2, 0.25) is 11.8 Å². The molecule has 1 aliphatic heterocycles. The first kappa shape index (κ1) is 54.6. The van der Waals surface area contributed by atoms with Crippen LogP contribution >= 0.6 is 0 Å². The molecule has 10 nitrogen and oxygen atoms in total. The van der Waals surface area contributed by atoms with E-state index in [0.717, 1.165) is 49.9 Å². The van der Waals surface area contributed by atoms with E-state index in [0.29, 0.717) is 50.9 Å². The van der Waals surface area contributed by atoms with Crippen LogP contribution in [0.3, 0.4) is 0 Å². The van der Waals surface area contributed by atoms with Crippen molar-refractivity contribution in [3.8, 4) is 0 Å². The topological polar surface area (TPSA) is 117 Å². The van der Waals surface area contributed by atoms with Gasteiger partial charge in [-0.1, -0.05) is 73.6 Å². The van der Waals surface area contributed by atoms with Gasteiger partial charge in [-0.2, -0.15) is 0 Å². The van der Waals surface area contributed by atoms with Gasteiger partial charge in [0.25, 0.3) is 0 Å².